The Hall–Kier alpha value is -2.86. The maximum Gasteiger partial charge on any atom is 0.143 e. The molecule has 0 radical (unpaired) electrons. The van der Waals surface area contributed by atoms with Crippen molar-refractivity contribution in [3.05, 3.63) is 71.9 Å². The molecule has 24 heavy (non-hydrogen) atoms. The smallest absolute Gasteiger partial charge is 0.143 e. The van der Waals surface area contributed by atoms with Crippen LogP contribution >= 0.6 is 11.3 Å². The zero-order valence-electron chi connectivity index (χ0n) is 12.3. The van der Waals surface area contributed by atoms with E-state index in [2.05, 4.69) is 15.3 Å². The van der Waals surface area contributed by atoms with Crippen molar-refractivity contribution in [2.24, 2.45) is 0 Å². The number of nitrogens with zero attached hydrogens (tertiary/aromatic N) is 2. The van der Waals surface area contributed by atoms with Crippen molar-refractivity contribution in [3.8, 4) is 11.1 Å². The first-order valence-corrected chi connectivity index (χ1v) is 8.09. The van der Waals surface area contributed by atoms with E-state index >= 15 is 0 Å². The van der Waals surface area contributed by atoms with Crippen molar-refractivity contribution >= 4 is 33.1 Å². The highest BCUT2D eigenvalue weighted by molar-refractivity contribution is 7.17. The molecule has 0 aliphatic heterocycles. The number of hydrogen-bond acceptors (Lipinski definition) is 4. The van der Waals surface area contributed by atoms with Gasteiger partial charge in [-0.05, 0) is 35.9 Å². The predicted octanol–water partition coefficient (Wildman–Crippen LogP) is 5.38. The molecule has 2 aromatic heterocycles. The van der Waals surface area contributed by atoms with Gasteiger partial charge in [-0.3, -0.25) is 0 Å². The standard InChI is InChI=1S/C18H11F2N3S/c19-12-6-4-11(5-7-12)15-9-24-18-16(15)17(21-10-22-18)23-14-3-1-2-13(20)8-14/h1-10H,(H,21,22,23). The van der Waals surface area contributed by atoms with E-state index in [-0.39, 0.29) is 11.6 Å². The summed E-state index contributed by atoms with van der Waals surface area (Å²) >= 11 is 1.48. The van der Waals surface area contributed by atoms with E-state index in [0.717, 1.165) is 21.3 Å². The number of anilines is 2. The Bertz CT molecular complexity index is 1010. The summed E-state index contributed by atoms with van der Waals surface area (Å²) in [5.74, 6) is -0.0202. The summed E-state index contributed by atoms with van der Waals surface area (Å²) in [5.41, 5.74) is 2.39. The van der Waals surface area contributed by atoms with Crippen molar-refractivity contribution in [1.82, 2.24) is 9.97 Å². The van der Waals surface area contributed by atoms with Gasteiger partial charge in [0, 0.05) is 16.6 Å². The van der Waals surface area contributed by atoms with Crippen LogP contribution in [0.3, 0.4) is 0 Å². The molecule has 6 heteroatoms. The van der Waals surface area contributed by atoms with Gasteiger partial charge in [0.05, 0.1) is 5.39 Å². The van der Waals surface area contributed by atoms with Crippen LogP contribution in [0.15, 0.2) is 60.2 Å². The maximum absolute atomic E-state index is 13.4. The molecule has 1 N–H and O–H groups in total. The average molecular weight is 339 g/mol. The molecule has 0 aliphatic carbocycles. The van der Waals surface area contributed by atoms with E-state index in [0.29, 0.717) is 11.5 Å². The summed E-state index contributed by atoms with van der Waals surface area (Å²) < 4.78 is 26.6. The van der Waals surface area contributed by atoms with Crippen molar-refractivity contribution < 1.29 is 8.78 Å². The number of fused-ring (bicyclic) bond motifs is 1. The van der Waals surface area contributed by atoms with Crippen LogP contribution in [0.25, 0.3) is 21.3 Å². The topological polar surface area (TPSA) is 37.8 Å². The van der Waals surface area contributed by atoms with Gasteiger partial charge in [0.1, 0.15) is 28.6 Å². The van der Waals surface area contributed by atoms with Gasteiger partial charge in [-0.25, -0.2) is 18.7 Å². The van der Waals surface area contributed by atoms with Gasteiger partial charge in [0.2, 0.25) is 0 Å². The SMILES string of the molecule is Fc1ccc(-c2csc3ncnc(Nc4cccc(F)c4)c23)cc1. The maximum atomic E-state index is 13.4. The zero-order valence-corrected chi connectivity index (χ0v) is 13.1. The number of nitrogens with one attached hydrogen (secondary N) is 1. The summed E-state index contributed by atoms with van der Waals surface area (Å²) in [6, 6.07) is 12.5. The second-order valence-electron chi connectivity index (χ2n) is 5.19. The van der Waals surface area contributed by atoms with Gasteiger partial charge in [0.15, 0.2) is 0 Å². The van der Waals surface area contributed by atoms with Gasteiger partial charge in [-0.2, -0.15) is 0 Å². The van der Waals surface area contributed by atoms with Gasteiger partial charge < -0.3 is 5.32 Å². The highest BCUT2D eigenvalue weighted by Crippen LogP contribution is 2.37. The molecule has 0 unspecified atom stereocenters. The molecule has 3 nitrogen and oxygen atoms in total. The largest absolute Gasteiger partial charge is 0.339 e. The molecular formula is C18H11F2N3S. The Morgan fingerprint density at radius 2 is 1.75 bits per heavy atom. The lowest BCUT2D eigenvalue weighted by Gasteiger charge is -2.08. The predicted molar refractivity (Wildman–Crippen MR) is 92.5 cm³/mol. The number of hydrogen-bond donors (Lipinski definition) is 1. The van der Waals surface area contributed by atoms with Crippen molar-refractivity contribution in [2.45, 2.75) is 0 Å². The van der Waals surface area contributed by atoms with Gasteiger partial charge in [-0.1, -0.05) is 18.2 Å². The summed E-state index contributed by atoms with van der Waals surface area (Å²) in [6.07, 6.45) is 1.47. The van der Waals surface area contributed by atoms with E-state index in [1.54, 1.807) is 24.3 Å². The van der Waals surface area contributed by atoms with Crippen molar-refractivity contribution in [1.29, 1.82) is 0 Å². The third-order valence-corrected chi connectivity index (χ3v) is 4.50. The minimum Gasteiger partial charge on any atom is -0.339 e. The lowest BCUT2D eigenvalue weighted by molar-refractivity contribution is 0.628. The van der Waals surface area contributed by atoms with E-state index < -0.39 is 0 Å². The Labute approximate surface area is 140 Å². The van der Waals surface area contributed by atoms with Crippen molar-refractivity contribution in [2.75, 3.05) is 5.32 Å². The van der Waals surface area contributed by atoms with E-state index in [9.17, 15) is 8.78 Å². The molecule has 2 aromatic carbocycles. The third-order valence-electron chi connectivity index (χ3n) is 3.61. The quantitative estimate of drug-likeness (QED) is 0.544. The van der Waals surface area contributed by atoms with Gasteiger partial charge in [-0.15, -0.1) is 11.3 Å². The molecule has 0 saturated heterocycles. The molecule has 4 aromatic rings. The fourth-order valence-electron chi connectivity index (χ4n) is 2.51. The number of aromatic nitrogens is 2. The number of rotatable bonds is 3. The normalized spacial score (nSPS) is 10.9. The first kappa shape index (κ1) is 14.7. The average Bonchev–Trinajstić information content (AvgIpc) is 3.01. The van der Waals surface area contributed by atoms with Crippen LogP contribution in [-0.4, -0.2) is 9.97 Å². The van der Waals surface area contributed by atoms with Crippen molar-refractivity contribution in [3.63, 3.8) is 0 Å². The van der Waals surface area contributed by atoms with Crippen LogP contribution in [0.1, 0.15) is 0 Å². The third kappa shape index (κ3) is 2.72. The van der Waals surface area contributed by atoms with Crippen LogP contribution in [0.5, 0.6) is 0 Å². The first-order valence-electron chi connectivity index (χ1n) is 7.21. The highest BCUT2D eigenvalue weighted by atomic mass is 32.1. The zero-order chi connectivity index (χ0) is 16.5. The fourth-order valence-corrected chi connectivity index (χ4v) is 3.43. The van der Waals surface area contributed by atoms with Crippen LogP contribution in [0.2, 0.25) is 0 Å². The molecule has 0 atom stereocenters. The molecular weight excluding hydrogens is 328 g/mol. The van der Waals surface area contributed by atoms with E-state index in [4.69, 9.17) is 0 Å². The van der Waals surface area contributed by atoms with Crippen LogP contribution in [-0.2, 0) is 0 Å². The van der Waals surface area contributed by atoms with Crippen LogP contribution in [0, 0.1) is 11.6 Å². The van der Waals surface area contributed by atoms with Crippen LogP contribution in [0.4, 0.5) is 20.3 Å². The fraction of sp³-hybridized carbons (Fsp3) is 0. The molecule has 118 valence electrons. The summed E-state index contributed by atoms with van der Waals surface area (Å²) in [6.45, 7) is 0. The molecule has 4 rings (SSSR count). The lowest BCUT2D eigenvalue weighted by atomic mass is 10.1. The Balaban J connectivity index is 1.84. The van der Waals surface area contributed by atoms with E-state index in [1.807, 2.05) is 5.38 Å². The minimum atomic E-state index is -0.325. The lowest BCUT2D eigenvalue weighted by Crippen LogP contribution is -1.96. The number of thiophene rings is 1. The molecule has 0 saturated carbocycles. The van der Waals surface area contributed by atoms with E-state index in [1.165, 1.54) is 41.9 Å². The summed E-state index contributed by atoms with van der Waals surface area (Å²) in [4.78, 5) is 9.39. The molecule has 0 bridgehead atoms. The second kappa shape index (κ2) is 5.98. The molecule has 0 aliphatic rings. The first-order chi connectivity index (χ1) is 11.7. The summed E-state index contributed by atoms with van der Waals surface area (Å²) in [5, 5.41) is 5.93. The molecule has 0 spiro atoms. The number of benzene rings is 2. The van der Waals surface area contributed by atoms with Gasteiger partial charge >= 0.3 is 0 Å². The number of halogens is 2. The minimum absolute atomic E-state index is 0.285. The highest BCUT2D eigenvalue weighted by Gasteiger charge is 2.13. The van der Waals surface area contributed by atoms with Gasteiger partial charge in [0.25, 0.3) is 0 Å². The second-order valence-corrected chi connectivity index (χ2v) is 6.05. The Morgan fingerprint density at radius 3 is 2.54 bits per heavy atom. The Kier molecular flexibility index (Phi) is 3.66. The Morgan fingerprint density at radius 1 is 0.917 bits per heavy atom. The molecule has 0 fully saturated rings. The van der Waals surface area contributed by atoms with Crippen LogP contribution < -0.4 is 5.32 Å². The molecule has 2 heterocycles. The summed E-state index contributed by atoms with van der Waals surface area (Å²) in [7, 11) is 0. The molecule has 0 amide bonds. The monoisotopic (exact) mass is 339 g/mol.